The lowest BCUT2D eigenvalue weighted by atomic mass is 10.2. The molecule has 0 atom stereocenters. The van der Waals surface area contributed by atoms with Gasteiger partial charge in [-0.2, -0.15) is 13.5 Å². The standard InChI is InChI=1S/C14H15N3O3S/c1-17-14(9-10-15-17)21(19,20)16-13-8-3-2-6-12(13)7-4-5-11-18/h2-3,6,8-10,16,18H,5,11H2,1H3. The molecule has 0 saturated heterocycles. The largest absolute Gasteiger partial charge is 0.395 e. The number of rotatable bonds is 4. The van der Waals surface area contributed by atoms with Crippen molar-refractivity contribution in [3.8, 4) is 11.8 Å². The number of nitrogens with one attached hydrogen (secondary N) is 1. The van der Waals surface area contributed by atoms with Gasteiger partial charge in [0.1, 0.15) is 0 Å². The quantitative estimate of drug-likeness (QED) is 0.824. The van der Waals surface area contributed by atoms with E-state index in [0.717, 1.165) is 0 Å². The second-order valence-corrected chi connectivity index (χ2v) is 5.85. The second-order valence-electron chi connectivity index (χ2n) is 4.22. The van der Waals surface area contributed by atoms with E-state index in [-0.39, 0.29) is 11.6 Å². The van der Waals surface area contributed by atoms with E-state index >= 15 is 0 Å². The normalized spacial score (nSPS) is 10.8. The van der Waals surface area contributed by atoms with E-state index < -0.39 is 10.0 Å². The summed E-state index contributed by atoms with van der Waals surface area (Å²) in [6, 6.07) is 8.26. The Morgan fingerprint density at radius 3 is 2.76 bits per heavy atom. The summed E-state index contributed by atoms with van der Waals surface area (Å²) >= 11 is 0. The predicted molar refractivity (Wildman–Crippen MR) is 79.0 cm³/mol. The van der Waals surface area contributed by atoms with Gasteiger partial charge in [-0.1, -0.05) is 24.0 Å². The van der Waals surface area contributed by atoms with Gasteiger partial charge >= 0.3 is 0 Å². The molecule has 0 saturated carbocycles. The third-order valence-electron chi connectivity index (χ3n) is 2.68. The SMILES string of the molecule is Cn1nccc1S(=O)(=O)Nc1ccccc1C#CCCO. The number of sulfonamides is 1. The fourth-order valence-corrected chi connectivity index (χ4v) is 2.92. The molecule has 0 amide bonds. The van der Waals surface area contributed by atoms with E-state index in [1.807, 2.05) is 0 Å². The molecule has 110 valence electrons. The molecule has 0 aliphatic rings. The Morgan fingerprint density at radius 2 is 2.10 bits per heavy atom. The van der Waals surface area contributed by atoms with Crippen molar-refractivity contribution in [2.45, 2.75) is 11.4 Å². The molecular formula is C14H15N3O3S. The summed E-state index contributed by atoms with van der Waals surface area (Å²) in [5, 5.41) is 12.7. The van der Waals surface area contributed by atoms with Crippen LogP contribution in [0.1, 0.15) is 12.0 Å². The lowest BCUT2D eigenvalue weighted by Crippen LogP contribution is -2.17. The first-order chi connectivity index (χ1) is 10.0. The highest BCUT2D eigenvalue weighted by molar-refractivity contribution is 7.92. The average molecular weight is 305 g/mol. The lowest BCUT2D eigenvalue weighted by Gasteiger charge is -2.09. The van der Waals surface area contributed by atoms with Crippen LogP contribution in [0.3, 0.4) is 0 Å². The van der Waals surface area contributed by atoms with Crippen molar-refractivity contribution in [2.75, 3.05) is 11.3 Å². The molecular weight excluding hydrogens is 290 g/mol. The number of hydrogen-bond donors (Lipinski definition) is 2. The highest BCUT2D eigenvalue weighted by atomic mass is 32.2. The monoisotopic (exact) mass is 305 g/mol. The third kappa shape index (κ3) is 3.62. The van der Waals surface area contributed by atoms with Gasteiger partial charge in [0.15, 0.2) is 5.03 Å². The summed E-state index contributed by atoms with van der Waals surface area (Å²) in [4.78, 5) is 0. The van der Waals surface area contributed by atoms with Crippen LogP contribution >= 0.6 is 0 Å². The van der Waals surface area contributed by atoms with Crippen LogP contribution in [0.4, 0.5) is 5.69 Å². The summed E-state index contributed by atoms with van der Waals surface area (Å²) in [6.07, 6.45) is 1.75. The Labute approximate surface area is 123 Å². The van der Waals surface area contributed by atoms with Crippen molar-refractivity contribution in [1.29, 1.82) is 0 Å². The van der Waals surface area contributed by atoms with Crippen LogP contribution in [0, 0.1) is 11.8 Å². The molecule has 0 fully saturated rings. The molecule has 1 heterocycles. The molecule has 0 spiro atoms. The summed E-state index contributed by atoms with van der Waals surface area (Å²) in [7, 11) is -2.16. The van der Waals surface area contributed by atoms with Crippen molar-refractivity contribution in [2.24, 2.45) is 7.05 Å². The topological polar surface area (TPSA) is 84.2 Å². The fraction of sp³-hybridized carbons (Fsp3) is 0.214. The van der Waals surface area contributed by atoms with E-state index in [9.17, 15) is 8.42 Å². The molecule has 2 rings (SSSR count). The predicted octanol–water partition coefficient (Wildman–Crippen LogP) is 0.955. The van der Waals surface area contributed by atoms with Crippen LogP contribution in [0.25, 0.3) is 0 Å². The van der Waals surface area contributed by atoms with Crippen molar-refractivity contribution >= 4 is 15.7 Å². The molecule has 0 aliphatic carbocycles. The molecule has 6 nitrogen and oxygen atoms in total. The maximum atomic E-state index is 12.3. The Morgan fingerprint density at radius 1 is 1.33 bits per heavy atom. The van der Waals surface area contributed by atoms with E-state index in [4.69, 9.17) is 5.11 Å². The molecule has 0 bridgehead atoms. The van der Waals surface area contributed by atoms with Gasteiger partial charge in [-0.05, 0) is 18.2 Å². The number of hydrogen-bond acceptors (Lipinski definition) is 4. The van der Waals surface area contributed by atoms with E-state index in [2.05, 4.69) is 21.7 Å². The second kappa shape index (κ2) is 6.43. The van der Waals surface area contributed by atoms with Gasteiger partial charge in [-0.15, -0.1) is 0 Å². The van der Waals surface area contributed by atoms with Crippen LogP contribution in [0.15, 0.2) is 41.6 Å². The minimum atomic E-state index is -3.72. The Balaban J connectivity index is 2.33. The Hall–Kier alpha value is -2.30. The van der Waals surface area contributed by atoms with Crippen LogP contribution in [-0.2, 0) is 17.1 Å². The van der Waals surface area contributed by atoms with Crippen molar-refractivity contribution < 1.29 is 13.5 Å². The third-order valence-corrected chi connectivity index (χ3v) is 4.12. The summed E-state index contributed by atoms with van der Waals surface area (Å²) in [6.45, 7) is -0.0318. The van der Waals surface area contributed by atoms with E-state index in [1.54, 1.807) is 31.3 Å². The van der Waals surface area contributed by atoms with Crippen molar-refractivity contribution in [1.82, 2.24) is 9.78 Å². The minimum absolute atomic E-state index is 0.0318. The van der Waals surface area contributed by atoms with Gasteiger partial charge in [-0.3, -0.25) is 9.40 Å². The van der Waals surface area contributed by atoms with Crippen LogP contribution in [-0.4, -0.2) is 29.9 Å². The number of nitrogens with zero attached hydrogens (tertiary/aromatic N) is 2. The Bertz CT molecular complexity index is 785. The van der Waals surface area contributed by atoms with Crippen molar-refractivity contribution in [3.63, 3.8) is 0 Å². The summed E-state index contributed by atoms with van der Waals surface area (Å²) < 4.78 is 28.4. The van der Waals surface area contributed by atoms with Crippen LogP contribution < -0.4 is 4.72 Å². The first kappa shape index (κ1) is 15.1. The zero-order valence-electron chi connectivity index (χ0n) is 11.4. The van der Waals surface area contributed by atoms with Gasteiger partial charge in [-0.25, -0.2) is 0 Å². The first-order valence-electron chi connectivity index (χ1n) is 6.24. The molecule has 7 heteroatoms. The minimum Gasteiger partial charge on any atom is -0.395 e. The number of aromatic nitrogens is 2. The average Bonchev–Trinajstić information content (AvgIpc) is 2.88. The van der Waals surface area contributed by atoms with Gasteiger partial charge in [0.2, 0.25) is 0 Å². The number of aliphatic hydroxyl groups is 1. The highest BCUT2D eigenvalue weighted by Crippen LogP contribution is 2.18. The number of para-hydroxylation sites is 1. The number of anilines is 1. The van der Waals surface area contributed by atoms with E-state index in [1.165, 1.54) is 16.9 Å². The molecule has 0 aliphatic heterocycles. The molecule has 2 N–H and O–H groups in total. The van der Waals surface area contributed by atoms with Gasteiger partial charge in [0.25, 0.3) is 10.0 Å². The molecule has 0 radical (unpaired) electrons. The molecule has 1 aromatic carbocycles. The van der Waals surface area contributed by atoms with Crippen LogP contribution in [0.2, 0.25) is 0 Å². The molecule has 0 unspecified atom stereocenters. The smallest absolute Gasteiger partial charge is 0.279 e. The summed E-state index contributed by atoms with van der Waals surface area (Å²) in [5.41, 5.74) is 0.945. The van der Waals surface area contributed by atoms with Gasteiger partial charge < -0.3 is 5.11 Å². The molecule has 21 heavy (non-hydrogen) atoms. The van der Waals surface area contributed by atoms with Crippen molar-refractivity contribution in [3.05, 3.63) is 42.1 Å². The fourth-order valence-electron chi connectivity index (χ4n) is 1.72. The maximum absolute atomic E-state index is 12.3. The molecule has 1 aromatic heterocycles. The van der Waals surface area contributed by atoms with Gasteiger partial charge in [0.05, 0.1) is 18.5 Å². The first-order valence-corrected chi connectivity index (χ1v) is 7.72. The number of aliphatic hydroxyl groups excluding tert-OH is 1. The highest BCUT2D eigenvalue weighted by Gasteiger charge is 2.18. The van der Waals surface area contributed by atoms with Crippen LogP contribution in [0.5, 0.6) is 0 Å². The zero-order valence-corrected chi connectivity index (χ0v) is 12.3. The Kier molecular flexibility index (Phi) is 4.62. The number of aryl methyl sites for hydroxylation is 1. The lowest BCUT2D eigenvalue weighted by molar-refractivity contribution is 0.305. The molecule has 2 aromatic rings. The maximum Gasteiger partial charge on any atom is 0.279 e. The summed E-state index contributed by atoms with van der Waals surface area (Å²) in [5.74, 6) is 5.61. The zero-order chi connectivity index (χ0) is 15.3. The van der Waals surface area contributed by atoms with E-state index in [0.29, 0.717) is 17.7 Å². The number of benzene rings is 1. The van der Waals surface area contributed by atoms with Gasteiger partial charge in [0, 0.05) is 19.0 Å².